The van der Waals surface area contributed by atoms with Gasteiger partial charge in [-0.15, -0.1) is 0 Å². The number of pyridine rings is 1. The van der Waals surface area contributed by atoms with Gasteiger partial charge in [-0.25, -0.2) is 9.66 Å². The second-order valence-corrected chi connectivity index (χ2v) is 10.4. The lowest BCUT2D eigenvalue weighted by molar-refractivity contribution is 0.162. The van der Waals surface area contributed by atoms with E-state index in [1.165, 1.54) is 18.5 Å². The van der Waals surface area contributed by atoms with E-state index in [0.717, 1.165) is 24.2 Å². The number of ether oxygens (including phenoxy) is 1. The number of benzene rings is 2. The summed E-state index contributed by atoms with van der Waals surface area (Å²) in [4.78, 5) is 9.20. The number of fused-ring (bicyclic) bond motifs is 1. The van der Waals surface area contributed by atoms with E-state index >= 15 is 0 Å². The van der Waals surface area contributed by atoms with Crippen LogP contribution in [0.1, 0.15) is 30.1 Å². The fourth-order valence-corrected chi connectivity index (χ4v) is 7.16. The largest absolute Gasteiger partial charge is 0.467 e. The molecule has 6 rings (SSSR count). The van der Waals surface area contributed by atoms with Crippen LogP contribution in [-0.2, 0) is 9.26 Å². The first-order valence-electron chi connectivity index (χ1n) is 11.6. The summed E-state index contributed by atoms with van der Waals surface area (Å²) in [5.74, 6) is 0.642. The van der Waals surface area contributed by atoms with E-state index in [1.54, 1.807) is 12.4 Å². The highest BCUT2D eigenvalue weighted by molar-refractivity contribution is 7.52. The van der Waals surface area contributed by atoms with Crippen LogP contribution in [-0.4, -0.2) is 47.3 Å². The van der Waals surface area contributed by atoms with Crippen molar-refractivity contribution in [1.29, 1.82) is 0 Å². The van der Waals surface area contributed by atoms with Crippen LogP contribution >= 0.6 is 8.45 Å². The van der Waals surface area contributed by atoms with E-state index in [0.29, 0.717) is 18.5 Å². The molecule has 2 fully saturated rings. The Balaban J connectivity index is 1.25. The predicted octanol–water partition coefficient (Wildman–Crippen LogP) is 5.20. The number of hydrogen-bond acceptors (Lipinski definition) is 6. The van der Waals surface area contributed by atoms with Gasteiger partial charge in [0.2, 0.25) is 14.3 Å². The molecule has 2 aromatic carbocycles. The van der Waals surface area contributed by atoms with Gasteiger partial charge in [-0.05, 0) is 42.7 Å². The molecule has 0 amide bonds. The molecule has 0 aliphatic carbocycles. The van der Waals surface area contributed by atoms with E-state index in [1.807, 2.05) is 30.3 Å². The van der Waals surface area contributed by atoms with Crippen molar-refractivity contribution in [3.05, 3.63) is 96.3 Å². The molecule has 4 atom stereocenters. The highest BCUT2D eigenvalue weighted by Gasteiger charge is 2.45. The molecule has 33 heavy (non-hydrogen) atoms. The molecule has 0 saturated carbocycles. The van der Waals surface area contributed by atoms with Gasteiger partial charge in [-0.1, -0.05) is 48.5 Å². The maximum Gasteiger partial charge on any atom is 0.218 e. The van der Waals surface area contributed by atoms with Gasteiger partial charge in [-0.2, -0.15) is 0 Å². The lowest BCUT2D eigenvalue weighted by atomic mass is 10.0. The Morgan fingerprint density at radius 2 is 1.82 bits per heavy atom. The number of para-hydroxylation sites is 1. The standard InChI is InChI=1S/C26H27N4O2P/c1-3-9-20(10-4-1)25-24(28-26(32-25)21-11-7-15-27-17-21)19-31-33-29-16-8-14-23(29)18-30(33)22-12-5-2-6-13-22/h1-7,9-13,15,17,23-25H,8,14,16,18-19H2/t23-,24-,25-,33?/m0/s1. The summed E-state index contributed by atoms with van der Waals surface area (Å²) in [6, 6.07) is 25.4. The van der Waals surface area contributed by atoms with Gasteiger partial charge in [-0.3, -0.25) is 4.98 Å². The Labute approximate surface area is 195 Å². The molecule has 3 aromatic rings. The Morgan fingerprint density at radius 3 is 2.61 bits per heavy atom. The molecule has 2 saturated heterocycles. The summed E-state index contributed by atoms with van der Waals surface area (Å²) in [6.45, 7) is 2.65. The van der Waals surface area contributed by atoms with E-state index in [2.05, 4.69) is 56.8 Å². The van der Waals surface area contributed by atoms with Crippen LogP contribution < -0.4 is 4.67 Å². The van der Waals surface area contributed by atoms with Crippen LogP contribution in [0.2, 0.25) is 0 Å². The predicted molar refractivity (Wildman–Crippen MR) is 131 cm³/mol. The van der Waals surface area contributed by atoms with Crippen LogP contribution in [0.5, 0.6) is 0 Å². The maximum atomic E-state index is 6.72. The molecule has 6 nitrogen and oxygen atoms in total. The van der Waals surface area contributed by atoms with Crippen molar-refractivity contribution in [3.63, 3.8) is 0 Å². The zero-order valence-corrected chi connectivity index (χ0v) is 19.3. The SMILES string of the molecule is c1ccc([C@@H]2OC(c3cccnc3)=N[C@H]2COP2N(c3ccccc3)C[C@@H]3CCCN32)cc1. The Morgan fingerprint density at radius 1 is 1.00 bits per heavy atom. The second-order valence-electron chi connectivity index (χ2n) is 8.62. The Kier molecular flexibility index (Phi) is 5.81. The van der Waals surface area contributed by atoms with E-state index in [-0.39, 0.29) is 12.1 Å². The van der Waals surface area contributed by atoms with Crippen molar-refractivity contribution >= 4 is 20.0 Å². The van der Waals surface area contributed by atoms with Crippen LogP contribution in [0, 0.1) is 0 Å². The van der Waals surface area contributed by atoms with Gasteiger partial charge in [0.25, 0.3) is 0 Å². The van der Waals surface area contributed by atoms with Crippen molar-refractivity contribution in [2.24, 2.45) is 4.99 Å². The Bertz CT molecular complexity index is 1100. The third-order valence-electron chi connectivity index (χ3n) is 6.48. The maximum absolute atomic E-state index is 6.72. The molecule has 0 N–H and O–H groups in total. The minimum absolute atomic E-state index is 0.107. The first kappa shape index (κ1) is 20.8. The average Bonchev–Trinajstić information content (AvgIpc) is 3.59. The van der Waals surface area contributed by atoms with Crippen molar-refractivity contribution in [1.82, 2.24) is 9.65 Å². The molecule has 1 aromatic heterocycles. The zero-order valence-electron chi connectivity index (χ0n) is 18.4. The van der Waals surface area contributed by atoms with Gasteiger partial charge in [0, 0.05) is 37.2 Å². The van der Waals surface area contributed by atoms with Crippen LogP contribution in [0.15, 0.2) is 90.2 Å². The van der Waals surface area contributed by atoms with Gasteiger partial charge in [0.15, 0.2) is 6.10 Å². The van der Waals surface area contributed by atoms with Crippen molar-refractivity contribution < 1.29 is 9.26 Å². The first-order valence-corrected chi connectivity index (χ1v) is 12.8. The fraction of sp³-hybridized carbons (Fsp3) is 0.308. The molecular weight excluding hydrogens is 431 g/mol. The number of anilines is 1. The minimum Gasteiger partial charge on any atom is -0.467 e. The minimum atomic E-state index is -0.868. The summed E-state index contributed by atoms with van der Waals surface area (Å²) in [7, 11) is -0.868. The van der Waals surface area contributed by atoms with Gasteiger partial charge < -0.3 is 13.9 Å². The van der Waals surface area contributed by atoms with Crippen molar-refractivity contribution in [2.45, 2.75) is 31.0 Å². The Hall–Kier alpha value is -2.79. The smallest absolute Gasteiger partial charge is 0.218 e. The van der Waals surface area contributed by atoms with E-state index in [9.17, 15) is 0 Å². The molecule has 3 aliphatic rings. The van der Waals surface area contributed by atoms with Crippen LogP contribution in [0.25, 0.3) is 0 Å². The van der Waals surface area contributed by atoms with Crippen LogP contribution in [0.3, 0.4) is 0 Å². The molecule has 4 heterocycles. The average molecular weight is 459 g/mol. The third kappa shape index (κ3) is 4.15. The zero-order chi connectivity index (χ0) is 22.0. The molecular formula is C26H27N4O2P. The lowest BCUT2D eigenvalue weighted by Crippen LogP contribution is -2.23. The molecule has 0 spiro atoms. The van der Waals surface area contributed by atoms with E-state index in [4.69, 9.17) is 14.3 Å². The first-order chi connectivity index (χ1) is 16.4. The molecule has 3 aliphatic heterocycles. The lowest BCUT2D eigenvalue weighted by Gasteiger charge is -2.30. The monoisotopic (exact) mass is 458 g/mol. The normalized spacial score (nSPS) is 26.8. The van der Waals surface area contributed by atoms with Gasteiger partial charge in [0.1, 0.15) is 6.04 Å². The summed E-state index contributed by atoms with van der Waals surface area (Å²) in [5.41, 5.74) is 3.25. The second kappa shape index (κ2) is 9.22. The third-order valence-corrected chi connectivity index (χ3v) is 8.63. The number of aliphatic imine (C=N–C) groups is 1. The quantitative estimate of drug-likeness (QED) is 0.476. The van der Waals surface area contributed by atoms with Gasteiger partial charge in [0.05, 0.1) is 12.2 Å². The molecule has 168 valence electrons. The topological polar surface area (TPSA) is 50.2 Å². The van der Waals surface area contributed by atoms with E-state index < -0.39 is 8.45 Å². The number of rotatable bonds is 6. The fourth-order valence-electron chi connectivity index (χ4n) is 4.87. The summed E-state index contributed by atoms with van der Waals surface area (Å²) in [5, 5.41) is 0. The summed E-state index contributed by atoms with van der Waals surface area (Å²) < 4.78 is 18.1. The molecule has 1 unspecified atom stereocenters. The van der Waals surface area contributed by atoms with Crippen molar-refractivity contribution in [2.75, 3.05) is 24.4 Å². The number of hydrogen-bond donors (Lipinski definition) is 0. The molecule has 0 bridgehead atoms. The van der Waals surface area contributed by atoms with Crippen molar-refractivity contribution in [3.8, 4) is 0 Å². The molecule has 0 radical (unpaired) electrons. The number of nitrogens with zero attached hydrogens (tertiary/aromatic N) is 4. The summed E-state index contributed by atoms with van der Waals surface area (Å²) in [6.07, 6.45) is 5.89. The number of aromatic nitrogens is 1. The highest BCUT2D eigenvalue weighted by atomic mass is 31.2. The van der Waals surface area contributed by atoms with Crippen LogP contribution in [0.4, 0.5) is 5.69 Å². The highest BCUT2D eigenvalue weighted by Crippen LogP contribution is 2.57. The summed E-state index contributed by atoms with van der Waals surface area (Å²) >= 11 is 0. The van der Waals surface area contributed by atoms with Gasteiger partial charge >= 0.3 is 0 Å². The molecule has 7 heteroatoms.